The van der Waals surface area contributed by atoms with E-state index in [9.17, 15) is 4.79 Å². The van der Waals surface area contributed by atoms with E-state index in [2.05, 4.69) is 13.8 Å². The Balaban J connectivity index is 2.48. The highest BCUT2D eigenvalue weighted by atomic mass is 16.2. The first-order chi connectivity index (χ1) is 7.65. The van der Waals surface area contributed by atoms with Crippen molar-refractivity contribution in [1.82, 2.24) is 4.90 Å². The van der Waals surface area contributed by atoms with Gasteiger partial charge in [0, 0.05) is 19.0 Å². The first-order valence-corrected chi connectivity index (χ1v) is 6.64. The van der Waals surface area contributed by atoms with E-state index in [0.29, 0.717) is 24.3 Å². The third-order valence-corrected chi connectivity index (χ3v) is 3.23. The number of carbonyl (C=O) groups is 1. The molecule has 0 atom stereocenters. The molecule has 0 heterocycles. The van der Waals surface area contributed by atoms with Gasteiger partial charge in [-0.2, -0.15) is 0 Å². The molecule has 0 spiro atoms. The van der Waals surface area contributed by atoms with Crippen LogP contribution >= 0.6 is 0 Å². The maximum atomic E-state index is 12.3. The molecule has 16 heavy (non-hydrogen) atoms. The molecule has 0 radical (unpaired) electrons. The van der Waals surface area contributed by atoms with E-state index in [1.807, 2.05) is 4.90 Å². The second kappa shape index (κ2) is 6.89. The molecule has 1 fully saturated rings. The van der Waals surface area contributed by atoms with E-state index in [1.54, 1.807) is 0 Å². The summed E-state index contributed by atoms with van der Waals surface area (Å²) < 4.78 is 0. The summed E-state index contributed by atoms with van der Waals surface area (Å²) in [4.78, 5) is 14.3. The number of hydrogen-bond donors (Lipinski definition) is 1. The number of nitrogens with two attached hydrogens (primary N) is 1. The lowest BCUT2D eigenvalue weighted by atomic mass is 10.1. The number of amides is 1. The molecule has 1 amide bonds. The van der Waals surface area contributed by atoms with Gasteiger partial charge in [-0.25, -0.2) is 0 Å². The van der Waals surface area contributed by atoms with Gasteiger partial charge in [0.2, 0.25) is 5.91 Å². The summed E-state index contributed by atoms with van der Waals surface area (Å²) in [6.07, 6.45) is 5.56. The first kappa shape index (κ1) is 13.5. The molecule has 1 aliphatic carbocycles. The smallest absolute Gasteiger partial charge is 0.225 e. The zero-order valence-electron chi connectivity index (χ0n) is 10.7. The van der Waals surface area contributed by atoms with E-state index in [0.717, 1.165) is 32.4 Å². The van der Waals surface area contributed by atoms with Crippen molar-refractivity contribution in [1.29, 1.82) is 0 Å². The molecule has 3 nitrogen and oxygen atoms in total. The van der Waals surface area contributed by atoms with Gasteiger partial charge < -0.3 is 10.6 Å². The molecule has 1 aliphatic rings. The summed E-state index contributed by atoms with van der Waals surface area (Å²) in [5.41, 5.74) is 5.52. The summed E-state index contributed by atoms with van der Waals surface area (Å²) in [5.74, 6) is 1.22. The lowest BCUT2D eigenvalue weighted by Gasteiger charge is -2.27. The number of hydrogen-bond acceptors (Lipinski definition) is 2. The number of carbonyl (C=O) groups excluding carboxylic acids is 1. The highest BCUT2D eigenvalue weighted by molar-refractivity contribution is 5.79. The van der Waals surface area contributed by atoms with Crippen LogP contribution in [0.3, 0.4) is 0 Å². The summed E-state index contributed by atoms with van der Waals surface area (Å²) >= 11 is 0. The Morgan fingerprint density at radius 3 is 2.50 bits per heavy atom. The number of rotatable bonds is 6. The number of nitrogens with zero attached hydrogens (tertiary/aromatic N) is 1. The minimum atomic E-state index is 0.302. The van der Waals surface area contributed by atoms with Crippen LogP contribution in [0.15, 0.2) is 0 Å². The average Bonchev–Trinajstić information content (AvgIpc) is 2.76. The predicted octanol–water partition coefficient (Wildman–Crippen LogP) is 2.01. The molecule has 0 saturated heterocycles. The Hall–Kier alpha value is -0.570. The van der Waals surface area contributed by atoms with E-state index in [4.69, 9.17) is 5.73 Å². The van der Waals surface area contributed by atoms with Crippen LogP contribution in [0.2, 0.25) is 0 Å². The largest absolute Gasteiger partial charge is 0.342 e. The molecule has 1 saturated carbocycles. The van der Waals surface area contributed by atoms with Crippen molar-refractivity contribution in [2.75, 3.05) is 19.6 Å². The molecule has 0 aromatic heterocycles. The Labute approximate surface area is 99.4 Å². The Morgan fingerprint density at radius 2 is 2.00 bits per heavy atom. The van der Waals surface area contributed by atoms with Gasteiger partial charge in [-0.15, -0.1) is 0 Å². The quantitative estimate of drug-likeness (QED) is 0.753. The highest BCUT2D eigenvalue weighted by Crippen LogP contribution is 2.26. The van der Waals surface area contributed by atoms with Crippen LogP contribution in [0, 0.1) is 11.8 Å². The van der Waals surface area contributed by atoms with E-state index in [-0.39, 0.29) is 0 Å². The van der Waals surface area contributed by atoms with Gasteiger partial charge in [0.15, 0.2) is 0 Å². The zero-order chi connectivity index (χ0) is 12.0. The third-order valence-electron chi connectivity index (χ3n) is 3.23. The van der Waals surface area contributed by atoms with E-state index in [1.165, 1.54) is 12.8 Å². The van der Waals surface area contributed by atoms with Crippen molar-refractivity contribution in [2.24, 2.45) is 17.6 Å². The fourth-order valence-corrected chi connectivity index (χ4v) is 2.45. The van der Waals surface area contributed by atoms with Crippen LogP contribution in [0.5, 0.6) is 0 Å². The average molecular weight is 226 g/mol. The van der Waals surface area contributed by atoms with Crippen molar-refractivity contribution in [2.45, 2.75) is 46.0 Å². The maximum absolute atomic E-state index is 12.3. The first-order valence-electron chi connectivity index (χ1n) is 6.64. The van der Waals surface area contributed by atoms with Gasteiger partial charge in [-0.05, 0) is 31.7 Å². The van der Waals surface area contributed by atoms with Gasteiger partial charge >= 0.3 is 0 Å². The highest BCUT2D eigenvalue weighted by Gasteiger charge is 2.27. The minimum absolute atomic E-state index is 0.302. The Bertz CT molecular complexity index is 210. The fourth-order valence-electron chi connectivity index (χ4n) is 2.45. The van der Waals surface area contributed by atoms with E-state index < -0.39 is 0 Å². The van der Waals surface area contributed by atoms with Crippen molar-refractivity contribution in [3.8, 4) is 0 Å². The summed E-state index contributed by atoms with van der Waals surface area (Å²) in [5, 5.41) is 0. The molecule has 0 unspecified atom stereocenters. The van der Waals surface area contributed by atoms with Crippen LogP contribution in [-0.4, -0.2) is 30.4 Å². The maximum Gasteiger partial charge on any atom is 0.225 e. The lowest BCUT2D eigenvalue weighted by molar-refractivity contribution is -0.135. The predicted molar refractivity (Wildman–Crippen MR) is 67.0 cm³/mol. The van der Waals surface area contributed by atoms with Crippen molar-refractivity contribution in [3.63, 3.8) is 0 Å². The molecular weight excluding hydrogens is 200 g/mol. The SMILES string of the molecule is CC(C)CN(CCCN)C(=O)C1CCCC1. The summed E-state index contributed by atoms with van der Waals surface area (Å²) in [6.45, 7) is 6.72. The summed E-state index contributed by atoms with van der Waals surface area (Å²) in [7, 11) is 0. The second-order valence-electron chi connectivity index (χ2n) is 5.30. The molecule has 94 valence electrons. The van der Waals surface area contributed by atoms with Crippen LogP contribution in [0.4, 0.5) is 0 Å². The summed E-state index contributed by atoms with van der Waals surface area (Å²) in [6, 6.07) is 0. The van der Waals surface area contributed by atoms with Crippen LogP contribution in [0.25, 0.3) is 0 Å². The zero-order valence-corrected chi connectivity index (χ0v) is 10.7. The molecular formula is C13H26N2O. The molecule has 0 aromatic carbocycles. The molecule has 0 aliphatic heterocycles. The van der Waals surface area contributed by atoms with Crippen molar-refractivity contribution in [3.05, 3.63) is 0 Å². The van der Waals surface area contributed by atoms with Gasteiger partial charge in [0.1, 0.15) is 0 Å². The monoisotopic (exact) mass is 226 g/mol. The fraction of sp³-hybridized carbons (Fsp3) is 0.923. The second-order valence-corrected chi connectivity index (χ2v) is 5.30. The van der Waals surface area contributed by atoms with Crippen molar-refractivity contribution >= 4 is 5.91 Å². The molecule has 0 bridgehead atoms. The van der Waals surface area contributed by atoms with Gasteiger partial charge in [0.05, 0.1) is 0 Å². The van der Waals surface area contributed by atoms with Gasteiger partial charge in [0.25, 0.3) is 0 Å². The van der Waals surface area contributed by atoms with Crippen LogP contribution in [0.1, 0.15) is 46.0 Å². The topological polar surface area (TPSA) is 46.3 Å². The molecule has 2 N–H and O–H groups in total. The Kier molecular flexibility index (Phi) is 5.81. The molecule has 1 rings (SSSR count). The molecule has 3 heteroatoms. The van der Waals surface area contributed by atoms with Gasteiger partial charge in [-0.3, -0.25) is 4.79 Å². The standard InChI is InChI=1S/C13H26N2O/c1-11(2)10-15(9-5-8-14)13(16)12-6-3-4-7-12/h11-12H,3-10,14H2,1-2H3. The van der Waals surface area contributed by atoms with Crippen LogP contribution in [-0.2, 0) is 4.79 Å². The normalized spacial score (nSPS) is 17.0. The van der Waals surface area contributed by atoms with Crippen molar-refractivity contribution < 1.29 is 4.79 Å². The minimum Gasteiger partial charge on any atom is -0.342 e. The Morgan fingerprint density at radius 1 is 1.38 bits per heavy atom. The van der Waals surface area contributed by atoms with E-state index >= 15 is 0 Å². The third kappa shape index (κ3) is 4.12. The van der Waals surface area contributed by atoms with Gasteiger partial charge in [-0.1, -0.05) is 26.7 Å². The van der Waals surface area contributed by atoms with Crippen LogP contribution < -0.4 is 5.73 Å². The lowest BCUT2D eigenvalue weighted by Crippen LogP contribution is -2.39. The molecule has 0 aromatic rings.